The van der Waals surface area contributed by atoms with Crippen molar-refractivity contribution in [2.45, 2.75) is 70.3 Å². The Balaban J connectivity index is 1.89. The smallest absolute Gasteiger partial charge is 0.0790 e. The number of hydrogen-bond donors (Lipinski definition) is 1. The van der Waals surface area contributed by atoms with Crippen molar-refractivity contribution >= 4 is 0 Å². The molecule has 1 heteroatoms. The molecular weight excluding hydrogens is 220 g/mol. The molecule has 1 nitrogen and oxygen atoms in total. The third kappa shape index (κ3) is 3.58. The van der Waals surface area contributed by atoms with Crippen LogP contribution >= 0.6 is 0 Å². The molecule has 18 heavy (non-hydrogen) atoms. The van der Waals surface area contributed by atoms with Crippen molar-refractivity contribution in [2.75, 3.05) is 0 Å². The minimum atomic E-state index is -0.269. The lowest BCUT2D eigenvalue weighted by atomic mass is 9.95. The summed E-state index contributed by atoms with van der Waals surface area (Å²) in [6.45, 7) is 2.20. The lowest BCUT2D eigenvalue weighted by Crippen LogP contribution is -1.99. The molecule has 1 aliphatic carbocycles. The lowest BCUT2D eigenvalue weighted by Gasteiger charge is -2.13. The highest BCUT2D eigenvalue weighted by molar-refractivity contribution is 5.27. The first-order valence-electron chi connectivity index (χ1n) is 7.59. The first-order chi connectivity index (χ1) is 8.81. The number of hydrogen-bond acceptors (Lipinski definition) is 1. The van der Waals surface area contributed by atoms with Crippen molar-refractivity contribution in [2.24, 2.45) is 0 Å². The molecule has 0 amide bonds. The molecule has 1 aromatic rings. The second kappa shape index (κ2) is 6.94. The second-order valence-corrected chi connectivity index (χ2v) is 5.66. The van der Waals surface area contributed by atoms with E-state index in [-0.39, 0.29) is 6.10 Å². The Labute approximate surface area is 111 Å². The van der Waals surface area contributed by atoms with E-state index in [0.29, 0.717) is 0 Å². The Morgan fingerprint density at radius 1 is 1.11 bits per heavy atom. The van der Waals surface area contributed by atoms with Crippen molar-refractivity contribution in [3.8, 4) is 0 Å². The zero-order valence-corrected chi connectivity index (χ0v) is 11.6. The highest BCUT2D eigenvalue weighted by Crippen LogP contribution is 2.34. The van der Waals surface area contributed by atoms with Crippen LogP contribution in [-0.4, -0.2) is 5.11 Å². The molecule has 1 fully saturated rings. The van der Waals surface area contributed by atoms with Crippen molar-refractivity contribution in [3.05, 3.63) is 35.4 Å². The highest BCUT2D eigenvalue weighted by atomic mass is 16.3. The van der Waals surface area contributed by atoms with Gasteiger partial charge in [0.2, 0.25) is 0 Å². The predicted molar refractivity (Wildman–Crippen MR) is 76.8 cm³/mol. The van der Waals surface area contributed by atoms with Gasteiger partial charge in [-0.3, -0.25) is 0 Å². The maximum Gasteiger partial charge on any atom is 0.0790 e. The third-order valence-electron chi connectivity index (χ3n) is 4.23. The summed E-state index contributed by atoms with van der Waals surface area (Å²) in [6, 6.07) is 8.72. The monoisotopic (exact) mass is 246 g/mol. The SMILES string of the molecule is CCCCCC(O)c1ccc(C2CCCC2)cc1. The summed E-state index contributed by atoms with van der Waals surface area (Å²) >= 11 is 0. The summed E-state index contributed by atoms with van der Waals surface area (Å²) < 4.78 is 0. The van der Waals surface area contributed by atoms with Crippen LogP contribution < -0.4 is 0 Å². The molecule has 2 rings (SSSR count). The first-order valence-corrected chi connectivity index (χ1v) is 7.59. The Morgan fingerprint density at radius 3 is 2.39 bits per heavy atom. The molecule has 1 aliphatic rings. The van der Waals surface area contributed by atoms with E-state index in [1.165, 1.54) is 44.1 Å². The van der Waals surface area contributed by atoms with E-state index >= 15 is 0 Å². The fraction of sp³-hybridized carbons (Fsp3) is 0.647. The summed E-state index contributed by atoms with van der Waals surface area (Å²) in [5.41, 5.74) is 2.56. The minimum absolute atomic E-state index is 0.269. The minimum Gasteiger partial charge on any atom is -0.388 e. The van der Waals surface area contributed by atoms with Crippen molar-refractivity contribution in [3.63, 3.8) is 0 Å². The molecule has 0 heterocycles. The van der Waals surface area contributed by atoms with Crippen LogP contribution in [0.1, 0.15) is 81.4 Å². The Kier molecular flexibility index (Phi) is 5.25. The van der Waals surface area contributed by atoms with Gasteiger partial charge in [0.25, 0.3) is 0 Å². The van der Waals surface area contributed by atoms with Gasteiger partial charge < -0.3 is 5.11 Å². The molecule has 0 saturated heterocycles. The van der Waals surface area contributed by atoms with Crippen LogP contribution in [0.25, 0.3) is 0 Å². The maximum absolute atomic E-state index is 10.1. The van der Waals surface area contributed by atoms with Crippen LogP contribution in [0.5, 0.6) is 0 Å². The summed E-state index contributed by atoms with van der Waals surface area (Å²) in [5, 5.41) is 10.1. The average molecular weight is 246 g/mol. The zero-order chi connectivity index (χ0) is 12.8. The van der Waals surface area contributed by atoms with E-state index in [9.17, 15) is 5.11 Å². The second-order valence-electron chi connectivity index (χ2n) is 5.66. The number of rotatable bonds is 6. The van der Waals surface area contributed by atoms with Gasteiger partial charge in [0, 0.05) is 0 Å². The van der Waals surface area contributed by atoms with Gasteiger partial charge in [-0.05, 0) is 36.3 Å². The van der Waals surface area contributed by atoms with Crippen molar-refractivity contribution in [1.82, 2.24) is 0 Å². The number of unbranched alkanes of at least 4 members (excludes halogenated alkanes) is 2. The largest absolute Gasteiger partial charge is 0.388 e. The van der Waals surface area contributed by atoms with Gasteiger partial charge in [-0.2, -0.15) is 0 Å². The quantitative estimate of drug-likeness (QED) is 0.703. The van der Waals surface area contributed by atoms with Gasteiger partial charge in [-0.15, -0.1) is 0 Å². The van der Waals surface area contributed by atoms with Crippen LogP contribution in [0.15, 0.2) is 24.3 Å². The molecule has 1 aromatic carbocycles. The van der Waals surface area contributed by atoms with E-state index < -0.39 is 0 Å². The van der Waals surface area contributed by atoms with E-state index in [2.05, 4.69) is 31.2 Å². The molecule has 1 N–H and O–H groups in total. The first kappa shape index (κ1) is 13.6. The standard InChI is InChI=1S/C17H26O/c1-2-3-4-9-17(18)16-12-10-15(11-13-16)14-7-5-6-8-14/h10-14,17-18H,2-9H2,1H3. The van der Waals surface area contributed by atoms with Gasteiger partial charge in [0.1, 0.15) is 0 Å². The summed E-state index contributed by atoms with van der Waals surface area (Å²) in [7, 11) is 0. The molecule has 0 spiro atoms. The Hall–Kier alpha value is -0.820. The number of aliphatic hydroxyl groups excluding tert-OH is 1. The zero-order valence-electron chi connectivity index (χ0n) is 11.6. The molecule has 0 aliphatic heterocycles. The molecule has 100 valence electrons. The van der Waals surface area contributed by atoms with Gasteiger partial charge >= 0.3 is 0 Å². The lowest BCUT2D eigenvalue weighted by molar-refractivity contribution is 0.163. The van der Waals surface area contributed by atoms with E-state index in [4.69, 9.17) is 0 Å². The van der Waals surface area contributed by atoms with Crippen molar-refractivity contribution < 1.29 is 5.11 Å². The average Bonchev–Trinajstić information content (AvgIpc) is 2.93. The number of benzene rings is 1. The highest BCUT2D eigenvalue weighted by Gasteiger charge is 2.17. The molecule has 1 saturated carbocycles. The topological polar surface area (TPSA) is 20.2 Å². The van der Waals surface area contributed by atoms with Gasteiger partial charge in [0.05, 0.1) is 6.10 Å². The fourth-order valence-electron chi connectivity index (χ4n) is 3.00. The predicted octanol–water partition coefficient (Wildman–Crippen LogP) is 4.96. The number of aliphatic hydroxyl groups is 1. The summed E-state index contributed by atoms with van der Waals surface area (Å²) in [4.78, 5) is 0. The van der Waals surface area contributed by atoms with Crippen LogP contribution in [0.2, 0.25) is 0 Å². The summed E-state index contributed by atoms with van der Waals surface area (Å²) in [5.74, 6) is 0.774. The third-order valence-corrected chi connectivity index (χ3v) is 4.23. The molecule has 0 aromatic heterocycles. The Bertz CT molecular complexity index is 335. The Morgan fingerprint density at radius 2 is 1.78 bits per heavy atom. The van der Waals surface area contributed by atoms with Gasteiger partial charge in [0.15, 0.2) is 0 Å². The van der Waals surface area contributed by atoms with Crippen molar-refractivity contribution in [1.29, 1.82) is 0 Å². The molecule has 0 bridgehead atoms. The van der Waals surface area contributed by atoms with Gasteiger partial charge in [-0.1, -0.05) is 63.3 Å². The summed E-state index contributed by atoms with van der Waals surface area (Å²) in [6.07, 6.45) is 9.65. The van der Waals surface area contributed by atoms with E-state index in [1.54, 1.807) is 0 Å². The van der Waals surface area contributed by atoms with E-state index in [0.717, 1.165) is 24.3 Å². The normalized spacial score (nSPS) is 18.1. The molecule has 0 radical (unpaired) electrons. The van der Waals surface area contributed by atoms with Crippen LogP contribution in [0.4, 0.5) is 0 Å². The molecule has 1 atom stereocenters. The molecular formula is C17H26O. The van der Waals surface area contributed by atoms with Gasteiger partial charge in [-0.25, -0.2) is 0 Å². The fourth-order valence-corrected chi connectivity index (χ4v) is 3.00. The maximum atomic E-state index is 10.1. The van der Waals surface area contributed by atoms with Crippen LogP contribution in [0, 0.1) is 0 Å². The van der Waals surface area contributed by atoms with E-state index in [1.807, 2.05) is 0 Å². The molecule has 1 unspecified atom stereocenters. The van der Waals surface area contributed by atoms with Crippen LogP contribution in [-0.2, 0) is 0 Å². The van der Waals surface area contributed by atoms with Crippen LogP contribution in [0.3, 0.4) is 0 Å².